The Labute approximate surface area is 89.5 Å². The number of aliphatic hydroxyl groups excluding tert-OH is 2. The Morgan fingerprint density at radius 3 is 1.93 bits per heavy atom. The average molecular weight is 207 g/mol. The molecule has 0 heterocycles. The maximum atomic E-state index is 8.89. The van der Waals surface area contributed by atoms with Crippen molar-refractivity contribution in [2.75, 3.05) is 20.2 Å². The molecule has 0 rings (SSSR count). The second-order valence-electron chi connectivity index (χ2n) is 2.44. The van der Waals surface area contributed by atoms with Crippen LogP contribution < -0.4 is 5.32 Å². The van der Waals surface area contributed by atoms with E-state index in [1.807, 2.05) is 34.7 Å². The van der Waals surface area contributed by atoms with Gasteiger partial charge in [0.25, 0.3) is 0 Å². The van der Waals surface area contributed by atoms with E-state index in [1.165, 1.54) is 0 Å². The van der Waals surface area contributed by atoms with Gasteiger partial charge in [0.2, 0.25) is 0 Å². The van der Waals surface area contributed by atoms with Crippen LogP contribution in [0.25, 0.3) is 0 Å². The fourth-order valence-electron chi connectivity index (χ4n) is 0.773. The molecule has 1 atom stereocenters. The fourth-order valence-corrected chi connectivity index (χ4v) is 0.773. The summed E-state index contributed by atoms with van der Waals surface area (Å²) in [6, 6.07) is 0. The number of rotatable bonds is 6. The summed E-state index contributed by atoms with van der Waals surface area (Å²) in [5, 5.41) is 20.3. The molecule has 3 N–H and O–H groups in total. The maximum Gasteiger partial charge on any atom is 0.0770 e. The van der Waals surface area contributed by atoms with Gasteiger partial charge in [-0.05, 0) is 32.9 Å². The second-order valence-corrected chi connectivity index (χ2v) is 2.44. The van der Waals surface area contributed by atoms with E-state index in [0.29, 0.717) is 6.42 Å². The predicted molar refractivity (Wildman–Crippen MR) is 63.6 cm³/mol. The number of unbranched alkanes of at least 4 members (excludes halogenated alkanes) is 1. The van der Waals surface area contributed by atoms with Crippen LogP contribution in [0.3, 0.4) is 0 Å². The zero-order chi connectivity index (χ0) is 11.8. The van der Waals surface area contributed by atoms with Gasteiger partial charge in [-0.15, -0.1) is 0 Å². The van der Waals surface area contributed by atoms with Crippen molar-refractivity contribution in [3.05, 3.63) is 0 Å². The summed E-state index contributed by atoms with van der Waals surface area (Å²) in [6.45, 7) is 8.87. The first-order valence-electron chi connectivity index (χ1n) is 5.74. The Morgan fingerprint density at radius 2 is 1.57 bits per heavy atom. The second kappa shape index (κ2) is 23.1. The SMILES string of the molecule is CC.CC.CNCCCCC(O)CO. The van der Waals surface area contributed by atoms with Crippen molar-refractivity contribution >= 4 is 0 Å². The van der Waals surface area contributed by atoms with Gasteiger partial charge in [0.05, 0.1) is 12.7 Å². The smallest absolute Gasteiger partial charge is 0.0770 e. The number of hydrogen-bond donors (Lipinski definition) is 3. The molecule has 0 aliphatic rings. The largest absolute Gasteiger partial charge is 0.394 e. The summed E-state index contributed by atoms with van der Waals surface area (Å²) in [7, 11) is 1.91. The highest BCUT2D eigenvalue weighted by atomic mass is 16.3. The molecule has 0 spiro atoms. The number of aliphatic hydroxyl groups is 2. The third kappa shape index (κ3) is 22.6. The Bertz CT molecular complexity index is 70.3. The van der Waals surface area contributed by atoms with Crippen LogP contribution in [0.1, 0.15) is 47.0 Å². The Kier molecular flexibility index (Phi) is 32.0. The summed E-state index contributed by atoms with van der Waals surface area (Å²) < 4.78 is 0. The zero-order valence-corrected chi connectivity index (χ0v) is 10.5. The third-order valence-electron chi connectivity index (χ3n) is 1.42. The van der Waals surface area contributed by atoms with E-state index in [4.69, 9.17) is 10.2 Å². The van der Waals surface area contributed by atoms with Crippen molar-refractivity contribution < 1.29 is 10.2 Å². The highest BCUT2D eigenvalue weighted by Gasteiger charge is 1.99. The van der Waals surface area contributed by atoms with Crippen LogP contribution >= 0.6 is 0 Å². The molecule has 0 aromatic carbocycles. The van der Waals surface area contributed by atoms with Crippen molar-refractivity contribution in [2.45, 2.75) is 53.1 Å². The molecule has 0 bridgehead atoms. The van der Waals surface area contributed by atoms with Crippen LogP contribution in [0.5, 0.6) is 0 Å². The maximum absolute atomic E-state index is 8.89. The standard InChI is InChI=1S/C7H17NO2.2C2H6/c1-8-5-3-2-4-7(10)6-9;2*1-2/h7-10H,2-6H2,1H3;2*1-2H3. The molecule has 3 heteroatoms. The third-order valence-corrected chi connectivity index (χ3v) is 1.42. The highest BCUT2D eigenvalue weighted by Crippen LogP contribution is 1.98. The molecular formula is C11H29NO2. The summed E-state index contributed by atoms with van der Waals surface area (Å²) in [6.07, 6.45) is 2.23. The van der Waals surface area contributed by atoms with E-state index in [-0.39, 0.29) is 6.61 Å². The summed E-state index contributed by atoms with van der Waals surface area (Å²) in [5.41, 5.74) is 0. The Balaban J connectivity index is -0.000000266. The first kappa shape index (κ1) is 19.5. The number of hydrogen-bond acceptors (Lipinski definition) is 3. The van der Waals surface area contributed by atoms with Crippen molar-refractivity contribution in [3.63, 3.8) is 0 Å². The van der Waals surface area contributed by atoms with E-state index in [1.54, 1.807) is 0 Å². The van der Waals surface area contributed by atoms with Gasteiger partial charge in [-0.1, -0.05) is 27.7 Å². The molecule has 0 amide bonds. The Hall–Kier alpha value is -0.120. The van der Waals surface area contributed by atoms with E-state index < -0.39 is 6.10 Å². The molecule has 0 aliphatic carbocycles. The molecule has 0 saturated heterocycles. The van der Waals surface area contributed by atoms with E-state index in [9.17, 15) is 0 Å². The van der Waals surface area contributed by atoms with Crippen LogP contribution in [-0.4, -0.2) is 36.5 Å². The van der Waals surface area contributed by atoms with Crippen LogP contribution in [0.4, 0.5) is 0 Å². The molecule has 14 heavy (non-hydrogen) atoms. The average Bonchev–Trinajstić information content (AvgIpc) is 2.29. The molecule has 3 nitrogen and oxygen atoms in total. The van der Waals surface area contributed by atoms with Crippen LogP contribution in [0.15, 0.2) is 0 Å². The molecular weight excluding hydrogens is 178 g/mol. The van der Waals surface area contributed by atoms with Gasteiger partial charge in [-0.25, -0.2) is 0 Å². The minimum absolute atomic E-state index is 0.112. The molecule has 90 valence electrons. The van der Waals surface area contributed by atoms with Crippen molar-refractivity contribution in [3.8, 4) is 0 Å². The molecule has 1 unspecified atom stereocenters. The van der Waals surface area contributed by atoms with Crippen LogP contribution in [-0.2, 0) is 0 Å². The first-order chi connectivity index (χ1) is 6.81. The zero-order valence-electron chi connectivity index (χ0n) is 10.5. The predicted octanol–water partition coefficient (Wildman–Crippen LogP) is 1.78. The normalized spacial score (nSPS) is 10.5. The Morgan fingerprint density at radius 1 is 1.07 bits per heavy atom. The van der Waals surface area contributed by atoms with Gasteiger partial charge in [0, 0.05) is 0 Å². The van der Waals surface area contributed by atoms with Crippen molar-refractivity contribution in [2.24, 2.45) is 0 Å². The lowest BCUT2D eigenvalue weighted by Gasteiger charge is -2.05. The summed E-state index contributed by atoms with van der Waals surface area (Å²) in [5.74, 6) is 0. The van der Waals surface area contributed by atoms with Gasteiger partial charge in [0.1, 0.15) is 0 Å². The van der Waals surface area contributed by atoms with E-state index in [2.05, 4.69) is 5.32 Å². The molecule has 0 aromatic heterocycles. The van der Waals surface area contributed by atoms with Crippen molar-refractivity contribution in [1.82, 2.24) is 5.32 Å². The van der Waals surface area contributed by atoms with Gasteiger partial charge in [-0.3, -0.25) is 0 Å². The molecule has 0 radical (unpaired) electrons. The van der Waals surface area contributed by atoms with Gasteiger partial charge < -0.3 is 15.5 Å². The fraction of sp³-hybridized carbons (Fsp3) is 1.00. The lowest BCUT2D eigenvalue weighted by molar-refractivity contribution is 0.0862. The highest BCUT2D eigenvalue weighted by molar-refractivity contribution is 4.53. The van der Waals surface area contributed by atoms with Crippen molar-refractivity contribution in [1.29, 1.82) is 0 Å². The van der Waals surface area contributed by atoms with Gasteiger partial charge in [-0.2, -0.15) is 0 Å². The molecule has 0 aliphatic heterocycles. The number of nitrogens with one attached hydrogen (secondary N) is 1. The summed E-state index contributed by atoms with van der Waals surface area (Å²) in [4.78, 5) is 0. The molecule has 0 saturated carbocycles. The van der Waals surface area contributed by atoms with E-state index in [0.717, 1.165) is 19.4 Å². The topological polar surface area (TPSA) is 52.5 Å². The quantitative estimate of drug-likeness (QED) is 0.582. The van der Waals surface area contributed by atoms with Gasteiger partial charge >= 0.3 is 0 Å². The lowest BCUT2D eigenvalue weighted by atomic mass is 10.1. The van der Waals surface area contributed by atoms with E-state index >= 15 is 0 Å². The lowest BCUT2D eigenvalue weighted by Crippen LogP contribution is -2.13. The van der Waals surface area contributed by atoms with Gasteiger partial charge in [0.15, 0.2) is 0 Å². The minimum Gasteiger partial charge on any atom is -0.394 e. The molecule has 0 fully saturated rings. The van der Waals surface area contributed by atoms with Crippen LogP contribution in [0.2, 0.25) is 0 Å². The minimum atomic E-state index is -0.517. The summed E-state index contributed by atoms with van der Waals surface area (Å²) >= 11 is 0. The monoisotopic (exact) mass is 207 g/mol. The van der Waals surface area contributed by atoms with Crippen LogP contribution in [0, 0.1) is 0 Å². The first-order valence-corrected chi connectivity index (χ1v) is 5.74. The molecule has 0 aromatic rings.